The van der Waals surface area contributed by atoms with Gasteiger partial charge >= 0.3 is 0 Å². The highest BCUT2D eigenvalue weighted by Gasteiger charge is 2.21. The minimum atomic E-state index is -3.71. The molecule has 7 heteroatoms. The lowest BCUT2D eigenvalue weighted by Crippen LogP contribution is -2.38. The van der Waals surface area contributed by atoms with E-state index >= 15 is 0 Å². The van der Waals surface area contributed by atoms with Crippen LogP contribution in [0.25, 0.3) is 0 Å². The van der Waals surface area contributed by atoms with Gasteiger partial charge in [0.1, 0.15) is 0 Å². The summed E-state index contributed by atoms with van der Waals surface area (Å²) in [5.41, 5.74) is 2.86. The Hall–Kier alpha value is -2.51. The molecular weight excluding hydrogens is 364 g/mol. The molecule has 1 heterocycles. The van der Waals surface area contributed by atoms with Gasteiger partial charge in [-0.3, -0.25) is 9.59 Å². The van der Waals surface area contributed by atoms with Crippen LogP contribution < -0.4 is 4.72 Å². The van der Waals surface area contributed by atoms with Gasteiger partial charge in [0.15, 0.2) is 5.78 Å². The lowest BCUT2D eigenvalue weighted by Gasteiger charge is -2.29. The molecule has 0 bridgehead atoms. The SMILES string of the molecule is CC(=O)c1ccc(S(=O)(=O)NCCC(=O)N2CCc3ccccc3C2)cc1. The number of sulfonamides is 1. The molecule has 2 aromatic carbocycles. The maximum absolute atomic E-state index is 12.4. The molecule has 0 unspecified atom stereocenters. The molecule has 0 fully saturated rings. The maximum atomic E-state index is 12.4. The summed E-state index contributed by atoms with van der Waals surface area (Å²) in [6, 6.07) is 13.8. The molecule has 27 heavy (non-hydrogen) atoms. The molecule has 0 aliphatic carbocycles. The fourth-order valence-electron chi connectivity index (χ4n) is 3.11. The van der Waals surface area contributed by atoms with Crippen molar-refractivity contribution in [3.05, 3.63) is 65.2 Å². The van der Waals surface area contributed by atoms with E-state index in [1.165, 1.54) is 36.8 Å². The number of Topliss-reactive ketones (excluding diaryl/α,β-unsaturated/α-hetero) is 1. The number of hydrogen-bond donors (Lipinski definition) is 1. The highest BCUT2D eigenvalue weighted by atomic mass is 32.2. The molecule has 1 aliphatic heterocycles. The van der Waals surface area contributed by atoms with E-state index in [-0.39, 0.29) is 29.6 Å². The van der Waals surface area contributed by atoms with Gasteiger partial charge in [-0.25, -0.2) is 13.1 Å². The molecular formula is C20H22N2O4S. The molecule has 2 aromatic rings. The van der Waals surface area contributed by atoms with Crippen molar-refractivity contribution in [2.24, 2.45) is 0 Å². The van der Waals surface area contributed by atoms with E-state index < -0.39 is 10.0 Å². The Morgan fingerprint density at radius 1 is 1.04 bits per heavy atom. The van der Waals surface area contributed by atoms with Crippen molar-refractivity contribution in [2.45, 2.75) is 31.2 Å². The van der Waals surface area contributed by atoms with Crippen molar-refractivity contribution in [3.8, 4) is 0 Å². The minimum Gasteiger partial charge on any atom is -0.338 e. The zero-order valence-electron chi connectivity index (χ0n) is 15.1. The second-order valence-corrected chi connectivity index (χ2v) is 8.33. The molecule has 1 aliphatic rings. The molecule has 1 amide bonds. The number of ketones is 1. The van der Waals surface area contributed by atoms with Crippen LogP contribution in [-0.2, 0) is 27.8 Å². The molecule has 3 rings (SSSR count). The lowest BCUT2D eigenvalue weighted by molar-refractivity contribution is -0.131. The minimum absolute atomic E-state index is 0.0355. The second kappa shape index (κ2) is 8.02. The van der Waals surface area contributed by atoms with Crippen molar-refractivity contribution in [1.29, 1.82) is 0 Å². The van der Waals surface area contributed by atoms with Crippen molar-refractivity contribution >= 4 is 21.7 Å². The fraction of sp³-hybridized carbons (Fsp3) is 0.300. The number of amides is 1. The van der Waals surface area contributed by atoms with Crippen molar-refractivity contribution in [1.82, 2.24) is 9.62 Å². The third-order valence-corrected chi connectivity index (χ3v) is 6.16. The van der Waals surface area contributed by atoms with Crippen molar-refractivity contribution in [2.75, 3.05) is 13.1 Å². The topological polar surface area (TPSA) is 83.5 Å². The Kier molecular flexibility index (Phi) is 5.72. The number of fused-ring (bicyclic) bond motifs is 1. The zero-order valence-corrected chi connectivity index (χ0v) is 16.0. The van der Waals surface area contributed by atoms with Crippen LogP contribution in [0.3, 0.4) is 0 Å². The van der Waals surface area contributed by atoms with Gasteiger partial charge in [-0.15, -0.1) is 0 Å². The number of hydrogen-bond acceptors (Lipinski definition) is 4. The molecule has 0 saturated heterocycles. The number of benzene rings is 2. The molecule has 0 radical (unpaired) electrons. The van der Waals surface area contributed by atoms with Gasteiger partial charge < -0.3 is 4.90 Å². The monoisotopic (exact) mass is 386 g/mol. The Morgan fingerprint density at radius 3 is 2.37 bits per heavy atom. The standard InChI is InChI=1S/C20H22N2O4S/c1-15(23)16-6-8-19(9-7-16)27(25,26)21-12-10-20(24)22-13-11-17-4-2-3-5-18(17)14-22/h2-9,21H,10-14H2,1H3. The van der Waals surface area contributed by atoms with E-state index in [1.54, 1.807) is 4.90 Å². The van der Waals surface area contributed by atoms with E-state index in [0.717, 1.165) is 12.0 Å². The molecule has 142 valence electrons. The van der Waals surface area contributed by atoms with Gasteiger partial charge in [0, 0.05) is 31.6 Å². The lowest BCUT2D eigenvalue weighted by atomic mass is 10.00. The van der Waals surface area contributed by atoms with E-state index in [9.17, 15) is 18.0 Å². The first-order valence-corrected chi connectivity index (χ1v) is 10.3. The number of nitrogens with one attached hydrogen (secondary N) is 1. The predicted molar refractivity (Wildman–Crippen MR) is 102 cm³/mol. The van der Waals surface area contributed by atoms with Crippen LogP contribution in [0.2, 0.25) is 0 Å². The molecule has 0 atom stereocenters. The van der Waals surface area contributed by atoms with Gasteiger partial charge in [0.25, 0.3) is 0 Å². The summed E-state index contributed by atoms with van der Waals surface area (Å²) in [6.45, 7) is 2.67. The summed E-state index contributed by atoms with van der Waals surface area (Å²) in [6.07, 6.45) is 0.920. The van der Waals surface area contributed by atoms with Gasteiger partial charge in [0.2, 0.25) is 15.9 Å². The van der Waals surface area contributed by atoms with Crippen LogP contribution in [0.1, 0.15) is 34.8 Å². The van der Waals surface area contributed by atoms with Gasteiger partial charge in [-0.05, 0) is 36.6 Å². The summed E-state index contributed by atoms with van der Waals surface area (Å²) in [4.78, 5) is 25.5. The van der Waals surface area contributed by atoms with Gasteiger partial charge in [0.05, 0.1) is 4.90 Å². The third-order valence-electron chi connectivity index (χ3n) is 4.69. The van der Waals surface area contributed by atoms with E-state index in [0.29, 0.717) is 18.7 Å². The fourth-order valence-corrected chi connectivity index (χ4v) is 4.14. The van der Waals surface area contributed by atoms with Crippen LogP contribution in [0.5, 0.6) is 0 Å². The number of nitrogens with zero attached hydrogens (tertiary/aromatic N) is 1. The van der Waals surface area contributed by atoms with Gasteiger partial charge in [-0.1, -0.05) is 36.4 Å². The summed E-state index contributed by atoms with van der Waals surface area (Å²) in [7, 11) is -3.71. The Bertz CT molecular complexity index is 952. The quantitative estimate of drug-likeness (QED) is 0.771. The highest BCUT2D eigenvalue weighted by molar-refractivity contribution is 7.89. The smallest absolute Gasteiger partial charge is 0.240 e. The molecule has 0 aromatic heterocycles. The normalized spacial score (nSPS) is 13.9. The largest absolute Gasteiger partial charge is 0.338 e. The zero-order chi connectivity index (χ0) is 19.4. The average molecular weight is 386 g/mol. The first-order valence-electron chi connectivity index (χ1n) is 8.82. The van der Waals surface area contributed by atoms with Crippen LogP contribution in [0.15, 0.2) is 53.4 Å². The van der Waals surface area contributed by atoms with Crippen molar-refractivity contribution < 1.29 is 18.0 Å². The Balaban J connectivity index is 1.54. The maximum Gasteiger partial charge on any atom is 0.240 e. The summed E-state index contributed by atoms with van der Waals surface area (Å²) < 4.78 is 27.1. The van der Waals surface area contributed by atoms with E-state index in [4.69, 9.17) is 0 Å². The van der Waals surface area contributed by atoms with Crippen LogP contribution in [0, 0.1) is 0 Å². The third kappa shape index (κ3) is 4.61. The summed E-state index contributed by atoms with van der Waals surface area (Å²) >= 11 is 0. The molecule has 0 saturated carbocycles. The van der Waals surface area contributed by atoms with E-state index in [1.807, 2.05) is 18.2 Å². The number of carbonyl (C=O) groups excluding carboxylic acids is 2. The van der Waals surface area contributed by atoms with Crippen LogP contribution in [0.4, 0.5) is 0 Å². The highest BCUT2D eigenvalue weighted by Crippen LogP contribution is 2.19. The second-order valence-electron chi connectivity index (χ2n) is 6.56. The number of carbonyl (C=O) groups is 2. The van der Waals surface area contributed by atoms with E-state index in [2.05, 4.69) is 10.8 Å². The molecule has 1 N–H and O–H groups in total. The number of rotatable bonds is 6. The summed E-state index contributed by atoms with van der Waals surface area (Å²) in [5.74, 6) is -0.195. The van der Waals surface area contributed by atoms with Gasteiger partial charge in [-0.2, -0.15) is 0 Å². The first-order chi connectivity index (χ1) is 12.9. The first kappa shape index (κ1) is 19.3. The van der Waals surface area contributed by atoms with Crippen molar-refractivity contribution in [3.63, 3.8) is 0 Å². The van der Waals surface area contributed by atoms with Crippen LogP contribution >= 0.6 is 0 Å². The van der Waals surface area contributed by atoms with Crippen LogP contribution in [-0.4, -0.2) is 38.1 Å². The predicted octanol–water partition coefficient (Wildman–Crippen LogP) is 2.14. The molecule has 0 spiro atoms. The molecule has 6 nitrogen and oxygen atoms in total. The summed E-state index contributed by atoms with van der Waals surface area (Å²) in [5, 5.41) is 0. The Morgan fingerprint density at radius 2 is 1.70 bits per heavy atom. The average Bonchev–Trinajstić information content (AvgIpc) is 2.67. The Labute approximate surface area is 159 Å².